The molecular weight excluding hydrogens is 356 g/mol. The van der Waals surface area contributed by atoms with E-state index in [-0.39, 0.29) is 5.76 Å². The molecule has 1 aromatic carbocycles. The first-order valence-corrected chi connectivity index (χ1v) is 6.63. The summed E-state index contributed by atoms with van der Waals surface area (Å²) in [5.41, 5.74) is -2.38. The third kappa shape index (κ3) is 3.84. The fourth-order valence-electron chi connectivity index (χ4n) is 1.87. The van der Waals surface area contributed by atoms with Crippen LogP contribution in [-0.4, -0.2) is 38.4 Å². The van der Waals surface area contributed by atoms with E-state index < -0.39 is 55.7 Å². The van der Waals surface area contributed by atoms with Gasteiger partial charge in [-0.3, -0.25) is 40.1 Å². The monoisotopic (exact) mass is 364 g/mol. The molecule has 0 bridgehead atoms. The number of ketones is 1. The van der Waals surface area contributed by atoms with Crippen molar-refractivity contribution >= 4 is 29.3 Å². The molecule has 0 saturated heterocycles. The van der Waals surface area contributed by atoms with Crippen molar-refractivity contribution in [3.63, 3.8) is 0 Å². The summed E-state index contributed by atoms with van der Waals surface area (Å²) in [5, 5.41) is 41.9. The van der Waals surface area contributed by atoms with Crippen LogP contribution < -0.4 is 0 Å². The highest BCUT2D eigenvalue weighted by Gasteiger charge is 2.26. The number of nitrogens with zero attached hydrogens (tertiary/aromatic N) is 4. The second kappa shape index (κ2) is 7.16. The Morgan fingerprint density at radius 1 is 1.12 bits per heavy atom. The van der Waals surface area contributed by atoms with Gasteiger partial charge in [0.25, 0.3) is 5.69 Å². The van der Waals surface area contributed by atoms with Gasteiger partial charge in [0.2, 0.25) is 5.75 Å². The number of carbonyl (C=O) groups excluding carboxylic acids is 1. The highest BCUT2D eigenvalue weighted by atomic mass is 16.7. The third-order valence-corrected chi connectivity index (χ3v) is 3.03. The number of nitro groups is 3. The van der Waals surface area contributed by atoms with Crippen LogP contribution in [0.1, 0.15) is 16.1 Å². The molecule has 26 heavy (non-hydrogen) atoms. The van der Waals surface area contributed by atoms with Crippen molar-refractivity contribution in [1.29, 1.82) is 0 Å². The predicted octanol–water partition coefficient (Wildman–Crippen LogP) is 2.01. The van der Waals surface area contributed by atoms with Gasteiger partial charge in [-0.05, 0) is 6.07 Å². The SMILES string of the molecule is O=C(CN=Cc1ccc([N+](=O)[O-])o1)c1cc([N+](=O)[O-])cc([N+](=O)[O-])c1O. The summed E-state index contributed by atoms with van der Waals surface area (Å²) in [6.45, 7) is -0.639. The fourth-order valence-corrected chi connectivity index (χ4v) is 1.87. The van der Waals surface area contributed by atoms with Crippen molar-refractivity contribution < 1.29 is 29.1 Å². The van der Waals surface area contributed by atoms with E-state index in [0.717, 1.165) is 12.3 Å². The molecule has 0 fully saturated rings. The number of furan rings is 1. The number of hydrogen-bond donors (Lipinski definition) is 1. The van der Waals surface area contributed by atoms with Crippen molar-refractivity contribution in [1.82, 2.24) is 0 Å². The minimum absolute atomic E-state index is 0.0289. The number of phenolic OH excluding ortho intramolecular Hbond substituents is 1. The summed E-state index contributed by atoms with van der Waals surface area (Å²) in [4.78, 5) is 45.0. The standard InChI is InChI=1S/C13H8N4O9/c18-11(6-14-5-8-1-2-12(26-8)17(24)25)9-3-7(15(20)21)4-10(13(9)19)16(22)23/h1-5,19H,6H2. The van der Waals surface area contributed by atoms with Crippen molar-refractivity contribution in [3.8, 4) is 5.75 Å². The second-order valence-electron chi connectivity index (χ2n) is 4.70. The molecule has 1 aromatic heterocycles. The Kier molecular flexibility index (Phi) is 5.01. The maximum Gasteiger partial charge on any atom is 0.433 e. The summed E-state index contributed by atoms with van der Waals surface area (Å²) in [5.74, 6) is -2.52. The minimum atomic E-state index is -1.07. The molecule has 134 valence electrons. The summed E-state index contributed by atoms with van der Waals surface area (Å²) in [6, 6.07) is 3.51. The van der Waals surface area contributed by atoms with Crippen LogP contribution in [0.15, 0.2) is 33.7 Å². The van der Waals surface area contributed by atoms with E-state index in [2.05, 4.69) is 4.99 Å². The number of benzene rings is 1. The highest BCUT2D eigenvalue weighted by molar-refractivity contribution is 6.02. The van der Waals surface area contributed by atoms with Gasteiger partial charge >= 0.3 is 11.6 Å². The highest BCUT2D eigenvalue weighted by Crippen LogP contribution is 2.34. The number of aliphatic imine (C=N–C) groups is 1. The number of phenols is 1. The maximum atomic E-state index is 12.1. The number of aromatic hydroxyl groups is 1. The zero-order valence-corrected chi connectivity index (χ0v) is 12.6. The topological polar surface area (TPSA) is 192 Å². The first-order valence-electron chi connectivity index (χ1n) is 6.63. The Morgan fingerprint density at radius 3 is 2.35 bits per heavy atom. The molecule has 2 rings (SSSR count). The van der Waals surface area contributed by atoms with Gasteiger partial charge in [-0.15, -0.1) is 0 Å². The van der Waals surface area contributed by atoms with E-state index in [4.69, 9.17) is 4.42 Å². The van der Waals surface area contributed by atoms with E-state index >= 15 is 0 Å². The molecular formula is C13H8N4O9. The summed E-state index contributed by atoms with van der Waals surface area (Å²) < 4.78 is 4.77. The van der Waals surface area contributed by atoms with Gasteiger partial charge in [0, 0.05) is 6.07 Å². The van der Waals surface area contributed by atoms with Crippen molar-refractivity contribution in [2.24, 2.45) is 4.99 Å². The number of hydrogen-bond acceptors (Lipinski definition) is 10. The predicted molar refractivity (Wildman–Crippen MR) is 83.6 cm³/mol. The lowest BCUT2D eigenvalue weighted by Crippen LogP contribution is -2.06. The first-order chi connectivity index (χ1) is 12.2. The van der Waals surface area contributed by atoms with Gasteiger partial charge < -0.3 is 9.52 Å². The molecule has 2 aromatic rings. The van der Waals surface area contributed by atoms with E-state index in [1.165, 1.54) is 6.07 Å². The van der Waals surface area contributed by atoms with E-state index in [1.54, 1.807) is 0 Å². The Hall–Kier alpha value is -4.16. The zero-order valence-electron chi connectivity index (χ0n) is 12.6. The van der Waals surface area contributed by atoms with Crippen molar-refractivity contribution in [2.45, 2.75) is 0 Å². The van der Waals surface area contributed by atoms with Crippen LogP contribution in [0, 0.1) is 30.3 Å². The van der Waals surface area contributed by atoms with Crippen LogP contribution >= 0.6 is 0 Å². The molecule has 0 saturated carbocycles. The quantitative estimate of drug-likeness (QED) is 0.331. The Bertz CT molecular complexity index is 947. The van der Waals surface area contributed by atoms with E-state index in [1.807, 2.05) is 0 Å². The second-order valence-corrected chi connectivity index (χ2v) is 4.70. The van der Waals surface area contributed by atoms with Gasteiger partial charge in [-0.1, -0.05) is 0 Å². The average molecular weight is 364 g/mol. The Morgan fingerprint density at radius 2 is 1.81 bits per heavy atom. The molecule has 13 nitrogen and oxygen atoms in total. The summed E-state index contributed by atoms with van der Waals surface area (Å²) in [6.07, 6.45) is 0.994. The molecule has 0 aliphatic carbocycles. The van der Waals surface area contributed by atoms with E-state index in [9.17, 15) is 40.2 Å². The Labute approximate surface area is 142 Å². The number of nitro benzene ring substituents is 2. The van der Waals surface area contributed by atoms with Crippen LogP contribution in [0.3, 0.4) is 0 Å². The van der Waals surface area contributed by atoms with Crippen LogP contribution in [0.5, 0.6) is 5.75 Å². The molecule has 0 atom stereocenters. The molecule has 0 aliphatic rings. The van der Waals surface area contributed by atoms with Crippen LogP contribution in [0.25, 0.3) is 0 Å². The molecule has 1 heterocycles. The normalized spacial score (nSPS) is 10.8. The number of carbonyl (C=O) groups is 1. The molecule has 13 heteroatoms. The lowest BCUT2D eigenvalue weighted by atomic mass is 10.1. The van der Waals surface area contributed by atoms with E-state index in [0.29, 0.717) is 12.1 Å². The number of Topliss-reactive ketones (excluding diaryl/α,β-unsaturated/α-hetero) is 1. The van der Waals surface area contributed by atoms with Gasteiger partial charge in [-0.25, -0.2) is 0 Å². The number of rotatable bonds is 7. The van der Waals surface area contributed by atoms with Crippen LogP contribution in [0.4, 0.5) is 17.3 Å². The summed E-state index contributed by atoms with van der Waals surface area (Å²) in [7, 11) is 0. The molecule has 1 N–H and O–H groups in total. The lowest BCUT2D eigenvalue weighted by molar-refractivity contribution is -0.402. The van der Waals surface area contributed by atoms with Crippen molar-refractivity contribution in [3.05, 3.63) is 65.9 Å². The smallest absolute Gasteiger partial charge is 0.433 e. The van der Waals surface area contributed by atoms with Gasteiger partial charge in [0.1, 0.15) is 11.5 Å². The summed E-state index contributed by atoms with van der Waals surface area (Å²) >= 11 is 0. The van der Waals surface area contributed by atoms with Gasteiger partial charge in [0.05, 0.1) is 33.8 Å². The molecule has 0 unspecified atom stereocenters. The average Bonchev–Trinajstić information content (AvgIpc) is 3.03. The maximum absolute atomic E-state index is 12.1. The lowest BCUT2D eigenvalue weighted by Gasteiger charge is -2.03. The van der Waals surface area contributed by atoms with Crippen LogP contribution in [-0.2, 0) is 0 Å². The molecule has 0 aliphatic heterocycles. The minimum Gasteiger partial charge on any atom is -0.502 e. The van der Waals surface area contributed by atoms with Crippen LogP contribution in [0.2, 0.25) is 0 Å². The zero-order chi connectivity index (χ0) is 19.4. The largest absolute Gasteiger partial charge is 0.502 e. The van der Waals surface area contributed by atoms with Gasteiger partial charge in [-0.2, -0.15) is 0 Å². The number of non-ortho nitro benzene ring substituents is 1. The Balaban J connectivity index is 2.25. The molecule has 0 radical (unpaired) electrons. The van der Waals surface area contributed by atoms with Crippen molar-refractivity contribution in [2.75, 3.05) is 6.54 Å². The molecule has 0 amide bonds. The molecule has 0 spiro atoms. The fraction of sp³-hybridized carbons (Fsp3) is 0.0769. The third-order valence-electron chi connectivity index (χ3n) is 3.03. The van der Waals surface area contributed by atoms with Gasteiger partial charge in [0.15, 0.2) is 11.5 Å². The first kappa shape index (κ1) is 18.2.